The SMILES string of the molecule is CCN(CC)CCN1C(=O)C(N)c2ccc(F)cc21. The number of likely N-dealkylation sites (N-methyl/N-ethyl adjacent to an activating group) is 1. The van der Waals surface area contributed by atoms with Crippen LogP contribution in [0.1, 0.15) is 25.5 Å². The van der Waals surface area contributed by atoms with Crippen molar-refractivity contribution in [1.82, 2.24) is 4.90 Å². The fraction of sp³-hybridized carbons (Fsp3) is 0.500. The maximum absolute atomic E-state index is 13.3. The molecule has 0 fully saturated rings. The molecule has 1 heterocycles. The van der Waals surface area contributed by atoms with Crippen molar-refractivity contribution in [1.29, 1.82) is 0 Å². The van der Waals surface area contributed by atoms with Gasteiger partial charge in [-0.2, -0.15) is 0 Å². The summed E-state index contributed by atoms with van der Waals surface area (Å²) >= 11 is 0. The molecule has 1 aromatic carbocycles. The second-order valence-corrected chi connectivity index (χ2v) is 4.70. The average Bonchev–Trinajstić information content (AvgIpc) is 2.64. The maximum Gasteiger partial charge on any atom is 0.248 e. The predicted octanol–water partition coefficient (Wildman–Crippen LogP) is 1.51. The van der Waals surface area contributed by atoms with Gasteiger partial charge >= 0.3 is 0 Å². The topological polar surface area (TPSA) is 49.6 Å². The van der Waals surface area contributed by atoms with Crippen molar-refractivity contribution in [2.45, 2.75) is 19.9 Å². The molecule has 0 saturated carbocycles. The van der Waals surface area contributed by atoms with Gasteiger partial charge in [0.1, 0.15) is 11.9 Å². The van der Waals surface area contributed by atoms with Crippen molar-refractivity contribution in [3.05, 3.63) is 29.6 Å². The van der Waals surface area contributed by atoms with Crippen molar-refractivity contribution in [2.24, 2.45) is 5.73 Å². The fourth-order valence-corrected chi connectivity index (χ4v) is 2.45. The Labute approximate surface area is 113 Å². The van der Waals surface area contributed by atoms with Crippen LogP contribution in [0.15, 0.2) is 18.2 Å². The minimum Gasteiger partial charge on any atom is -0.316 e. The molecule has 1 amide bonds. The number of benzene rings is 1. The lowest BCUT2D eigenvalue weighted by Gasteiger charge is -2.23. The van der Waals surface area contributed by atoms with Crippen molar-refractivity contribution < 1.29 is 9.18 Å². The molecule has 1 unspecified atom stereocenters. The second kappa shape index (κ2) is 5.67. The van der Waals surface area contributed by atoms with Gasteiger partial charge < -0.3 is 15.5 Å². The largest absolute Gasteiger partial charge is 0.316 e. The quantitative estimate of drug-likeness (QED) is 0.878. The number of nitrogens with zero attached hydrogens (tertiary/aromatic N) is 2. The lowest BCUT2D eigenvalue weighted by molar-refractivity contribution is -0.119. The highest BCUT2D eigenvalue weighted by Crippen LogP contribution is 2.34. The van der Waals surface area contributed by atoms with Crippen molar-refractivity contribution in [3.63, 3.8) is 0 Å². The monoisotopic (exact) mass is 265 g/mol. The fourth-order valence-electron chi connectivity index (χ4n) is 2.45. The first-order valence-electron chi connectivity index (χ1n) is 6.67. The Morgan fingerprint density at radius 2 is 2.05 bits per heavy atom. The average molecular weight is 265 g/mol. The van der Waals surface area contributed by atoms with Crippen LogP contribution in [0, 0.1) is 5.82 Å². The molecule has 0 radical (unpaired) electrons. The molecule has 0 aliphatic carbocycles. The first-order valence-corrected chi connectivity index (χ1v) is 6.67. The van der Waals surface area contributed by atoms with Crippen LogP contribution in [0.4, 0.5) is 10.1 Å². The lowest BCUT2D eigenvalue weighted by Crippen LogP contribution is -2.38. The Hall–Kier alpha value is -1.46. The third-order valence-electron chi connectivity index (χ3n) is 3.68. The van der Waals surface area contributed by atoms with Crippen molar-refractivity contribution >= 4 is 11.6 Å². The third kappa shape index (κ3) is 2.62. The van der Waals surface area contributed by atoms with Gasteiger partial charge in [0, 0.05) is 18.7 Å². The van der Waals surface area contributed by atoms with Gasteiger partial charge in [-0.1, -0.05) is 19.9 Å². The van der Waals surface area contributed by atoms with E-state index in [4.69, 9.17) is 5.73 Å². The van der Waals surface area contributed by atoms with E-state index in [1.54, 1.807) is 11.0 Å². The molecule has 0 spiro atoms. The molecule has 2 rings (SSSR count). The van der Waals surface area contributed by atoms with E-state index in [-0.39, 0.29) is 11.7 Å². The molecule has 1 aromatic rings. The highest BCUT2D eigenvalue weighted by atomic mass is 19.1. The number of anilines is 1. The van der Waals surface area contributed by atoms with E-state index in [2.05, 4.69) is 18.7 Å². The Morgan fingerprint density at radius 3 is 2.68 bits per heavy atom. The normalized spacial score (nSPS) is 18.3. The molecule has 1 atom stereocenters. The van der Waals surface area contributed by atoms with Crippen LogP contribution in [-0.4, -0.2) is 37.0 Å². The van der Waals surface area contributed by atoms with E-state index < -0.39 is 6.04 Å². The molecule has 1 aliphatic rings. The molecule has 2 N–H and O–H groups in total. The molecule has 104 valence electrons. The van der Waals surface area contributed by atoms with Crippen LogP contribution in [0.3, 0.4) is 0 Å². The highest BCUT2D eigenvalue weighted by Gasteiger charge is 2.34. The van der Waals surface area contributed by atoms with Gasteiger partial charge in [0.05, 0.1) is 5.69 Å². The van der Waals surface area contributed by atoms with Crippen LogP contribution < -0.4 is 10.6 Å². The van der Waals surface area contributed by atoms with Gasteiger partial charge in [0.2, 0.25) is 5.91 Å². The lowest BCUT2D eigenvalue weighted by atomic mass is 10.1. The highest BCUT2D eigenvalue weighted by molar-refractivity contribution is 6.04. The molecular weight excluding hydrogens is 245 g/mol. The number of halogens is 1. The Morgan fingerprint density at radius 1 is 1.37 bits per heavy atom. The number of hydrogen-bond donors (Lipinski definition) is 1. The summed E-state index contributed by atoms with van der Waals surface area (Å²) in [5, 5.41) is 0. The van der Waals surface area contributed by atoms with Gasteiger partial charge in [-0.15, -0.1) is 0 Å². The number of carbonyl (C=O) groups is 1. The van der Waals surface area contributed by atoms with E-state index >= 15 is 0 Å². The van der Waals surface area contributed by atoms with E-state index in [1.165, 1.54) is 12.1 Å². The molecule has 0 saturated heterocycles. The van der Waals surface area contributed by atoms with Crippen molar-refractivity contribution in [3.8, 4) is 0 Å². The number of fused-ring (bicyclic) bond motifs is 1. The van der Waals surface area contributed by atoms with Gasteiger partial charge in [-0.3, -0.25) is 4.79 Å². The predicted molar refractivity (Wildman–Crippen MR) is 73.5 cm³/mol. The van der Waals surface area contributed by atoms with E-state index in [9.17, 15) is 9.18 Å². The summed E-state index contributed by atoms with van der Waals surface area (Å²) in [6.45, 7) is 7.33. The van der Waals surface area contributed by atoms with Crippen molar-refractivity contribution in [2.75, 3.05) is 31.1 Å². The van der Waals surface area contributed by atoms with Crippen LogP contribution in [0.25, 0.3) is 0 Å². The molecule has 5 heteroatoms. The number of hydrogen-bond acceptors (Lipinski definition) is 3. The first kappa shape index (κ1) is 14.0. The molecule has 1 aliphatic heterocycles. The molecular formula is C14H20FN3O. The van der Waals surface area contributed by atoms with Gasteiger partial charge in [0.15, 0.2) is 0 Å². The zero-order valence-electron chi connectivity index (χ0n) is 11.4. The zero-order chi connectivity index (χ0) is 14.0. The van der Waals surface area contributed by atoms with Crippen LogP contribution in [0.5, 0.6) is 0 Å². The third-order valence-corrected chi connectivity index (χ3v) is 3.68. The minimum absolute atomic E-state index is 0.146. The standard InChI is InChI=1S/C14H20FN3O/c1-3-17(4-2)7-8-18-12-9-10(15)5-6-11(12)13(16)14(18)19/h5-6,9,13H,3-4,7-8,16H2,1-2H3. The summed E-state index contributed by atoms with van der Waals surface area (Å²) in [5.41, 5.74) is 7.20. The van der Waals surface area contributed by atoms with Crippen LogP contribution >= 0.6 is 0 Å². The van der Waals surface area contributed by atoms with Crippen LogP contribution in [-0.2, 0) is 4.79 Å². The van der Waals surface area contributed by atoms with E-state index in [1.807, 2.05) is 0 Å². The Bertz CT molecular complexity index is 474. The first-order chi connectivity index (χ1) is 9.08. The number of amides is 1. The summed E-state index contributed by atoms with van der Waals surface area (Å²) < 4.78 is 13.3. The smallest absolute Gasteiger partial charge is 0.248 e. The maximum atomic E-state index is 13.3. The Kier molecular flexibility index (Phi) is 4.17. The molecule has 19 heavy (non-hydrogen) atoms. The summed E-state index contributed by atoms with van der Waals surface area (Å²) in [7, 11) is 0. The number of carbonyl (C=O) groups excluding carboxylic acids is 1. The van der Waals surface area contributed by atoms with E-state index in [0.717, 1.165) is 19.6 Å². The second-order valence-electron chi connectivity index (χ2n) is 4.70. The molecule has 0 aromatic heterocycles. The molecule has 0 bridgehead atoms. The molecule has 4 nitrogen and oxygen atoms in total. The van der Waals surface area contributed by atoms with Crippen LogP contribution in [0.2, 0.25) is 0 Å². The minimum atomic E-state index is -0.660. The van der Waals surface area contributed by atoms with Gasteiger partial charge in [-0.05, 0) is 25.2 Å². The zero-order valence-corrected chi connectivity index (χ0v) is 11.4. The summed E-state index contributed by atoms with van der Waals surface area (Å²) in [5.74, 6) is -0.485. The van der Waals surface area contributed by atoms with E-state index in [0.29, 0.717) is 17.8 Å². The Balaban J connectivity index is 2.18. The number of rotatable bonds is 5. The van der Waals surface area contributed by atoms with Gasteiger partial charge in [-0.25, -0.2) is 4.39 Å². The number of nitrogens with two attached hydrogens (primary N) is 1. The summed E-state index contributed by atoms with van der Waals surface area (Å²) in [6, 6.07) is 3.68. The van der Waals surface area contributed by atoms with Gasteiger partial charge in [0.25, 0.3) is 0 Å². The summed E-state index contributed by atoms with van der Waals surface area (Å²) in [4.78, 5) is 15.9. The summed E-state index contributed by atoms with van der Waals surface area (Å²) in [6.07, 6.45) is 0.